The first-order valence-electron chi connectivity index (χ1n) is 6.33. The van der Waals surface area contributed by atoms with E-state index < -0.39 is 11.4 Å². The van der Waals surface area contributed by atoms with Crippen molar-refractivity contribution >= 4 is 0 Å². The van der Waals surface area contributed by atoms with Gasteiger partial charge in [0.2, 0.25) is 5.88 Å². The number of aromatic nitrogens is 1. The normalized spacial score (nSPS) is 23.8. The molecule has 0 spiro atoms. The lowest BCUT2D eigenvalue weighted by Gasteiger charge is -2.22. The van der Waals surface area contributed by atoms with E-state index in [1.807, 2.05) is 7.05 Å². The number of likely N-dealkylation sites (N-methyl/N-ethyl adjacent to an activating group) is 1. The molecule has 0 aliphatic carbocycles. The van der Waals surface area contributed by atoms with Crippen LogP contribution in [0.2, 0.25) is 0 Å². The Hall–Kier alpha value is -1.24. The molecule has 106 valence electrons. The number of aliphatic hydroxyl groups is 1. The van der Waals surface area contributed by atoms with Crippen molar-refractivity contribution in [2.75, 3.05) is 33.8 Å². The molecule has 2 rings (SSSR count). The second-order valence-corrected chi connectivity index (χ2v) is 5.11. The molecular weight excluding hydrogens is 249 g/mol. The van der Waals surface area contributed by atoms with Gasteiger partial charge in [-0.1, -0.05) is 0 Å². The number of nitrogens with one attached hydrogen (secondary N) is 1. The molecule has 0 radical (unpaired) electrons. The predicted molar refractivity (Wildman–Crippen MR) is 69.5 cm³/mol. The fraction of sp³-hybridized carbons (Fsp3) is 0.615. The molecule has 2 N–H and O–H groups in total. The lowest BCUT2D eigenvalue weighted by Crippen LogP contribution is -2.42. The van der Waals surface area contributed by atoms with Gasteiger partial charge in [0.25, 0.3) is 0 Å². The molecule has 1 fully saturated rings. The van der Waals surface area contributed by atoms with Crippen LogP contribution in [0.5, 0.6) is 5.88 Å². The van der Waals surface area contributed by atoms with Gasteiger partial charge in [-0.2, -0.15) is 0 Å². The molecule has 1 saturated heterocycles. The van der Waals surface area contributed by atoms with Crippen LogP contribution in [0.1, 0.15) is 12.0 Å². The Bertz CT molecular complexity index is 444. The third kappa shape index (κ3) is 3.40. The number of rotatable bonds is 5. The van der Waals surface area contributed by atoms with Crippen LogP contribution in [0.4, 0.5) is 4.39 Å². The maximum absolute atomic E-state index is 13.8. The third-order valence-electron chi connectivity index (χ3n) is 3.42. The minimum absolute atomic E-state index is 0.00129. The SMILES string of the molecule is COc1nccc(CNCC2(O)CCN(C)C2)c1F. The standard InChI is InChI=1S/C13H20FN3O2/c1-17-6-4-13(18,9-17)8-15-7-10-3-5-16-12(19-2)11(10)14/h3,5,15,18H,4,6-9H2,1-2H3. The summed E-state index contributed by atoms with van der Waals surface area (Å²) >= 11 is 0. The summed E-state index contributed by atoms with van der Waals surface area (Å²) in [7, 11) is 3.37. The van der Waals surface area contributed by atoms with Gasteiger partial charge in [0.15, 0.2) is 5.82 Å². The lowest BCUT2D eigenvalue weighted by atomic mass is 10.0. The summed E-state index contributed by atoms with van der Waals surface area (Å²) in [5.41, 5.74) is -0.232. The Morgan fingerprint density at radius 3 is 3.05 bits per heavy atom. The fourth-order valence-corrected chi connectivity index (χ4v) is 2.37. The zero-order valence-corrected chi connectivity index (χ0v) is 11.3. The number of β-amino-alcohol motifs (C(OH)–C–C–N with tert-alkyl or cyclic N) is 1. The van der Waals surface area contributed by atoms with Crippen molar-refractivity contribution < 1.29 is 14.2 Å². The molecule has 1 aromatic heterocycles. The molecule has 2 heterocycles. The number of methoxy groups -OCH3 is 1. The zero-order valence-electron chi connectivity index (χ0n) is 11.3. The quantitative estimate of drug-likeness (QED) is 0.809. The molecule has 19 heavy (non-hydrogen) atoms. The zero-order chi connectivity index (χ0) is 13.9. The number of likely N-dealkylation sites (tertiary alicyclic amines) is 1. The van der Waals surface area contributed by atoms with Crippen LogP contribution in [-0.4, -0.2) is 54.4 Å². The van der Waals surface area contributed by atoms with Gasteiger partial charge in [0.05, 0.1) is 12.7 Å². The summed E-state index contributed by atoms with van der Waals surface area (Å²) in [4.78, 5) is 5.87. The summed E-state index contributed by atoms with van der Waals surface area (Å²) in [6, 6.07) is 1.61. The van der Waals surface area contributed by atoms with Crippen LogP contribution in [0.15, 0.2) is 12.3 Å². The number of hydrogen-bond donors (Lipinski definition) is 2. The molecular formula is C13H20FN3O2. The molecule has 1 unspecified atom stereocenters. The van der Waals surface area contributed by atoms with Gasteiger partial charge in [-0.3, -0.25) is 0 Å². The van der Waals surface area contributed by atoms with Crippen molar-refractivity contribution in [2.24, 2.45) is 0 Å². The molecule has 6 heteroatoms. The van der Waals surface area contributed by atoms with Crippen molar-refractivity contribution in [2.45, 2.75) is 18.6 Å². The average molecular weight is 269 g/mol. The molecule has 5 nitrogen and oxygen atoms in total. The smallest absolute Gasteiger partial charge is 0.250 e. The molecule has 0 amide bonds. The summed E-state index contributed by atoms with van der Waals surface area (Å²) < 4.78 is 18.7. The van der Waals surface area contributed by atoms with Crippen LogP contribution in [0, 0.1) is 5.82 Å². The molecule has 0 saturated carbocycles. The van der Waals surface area contributed by atoms with Crippen LogP contribution in [0.3, 0.4) is 0 Å². The van der Waals surface area contributed by atoms with Crippen LogP contribution in [-0.2, 0) is 6.54 Å². The Kier molecular flexibility index (Phi) is 4.34. The fourth-order valence-electron chi connectivity index (χ4n) is 2.37. The van der Waals surface area contributed by atoms with Crippen LogP contribution in [0.25, 0.3) is 0 Å². The molecule has 0 aromatic carbocycles. The van der Waals surface area contributed by atoms with Gasteiger partial charge in [0, 0.05) is 37.9 Å². The number of nitrogens with zero attached hydrogens (tertiary/aromatic N) is 2. The third-order valence-corrected chi connectivity index (χ3v) is 3.42. The molecule has 1 aliphatic heterocycles. The first kappa shape index (κ1) is 14.2. The van der Waals surface area contributed by atoms with Crippen molar-refractivity contribution in [1.29, 1.82) is 0 Å². The summed E-state index contributed by atoms with van der Waals surface area (Å²) in [5, 5.41) is 13.4. The van der Waals surface area contributed by atoms with E-state index in [1.54, 1.807) is 6.07 Å². The largest absolute Gasteiger partial charge is 0.479 e. The second-order valence-electron chi connectivity index (χ2n) is 5.11. The molecule has 0 bridgehead atoms. The Morgan fingerprint density at radius 1 is 1.63 bits per heavy atom. The number of pyridine rings is 1. The maximum Gasteiger partial charge on any atom is 0.250 e. The summed E-state index contributed by atoms with van der Waals surface area (Å²) in [5.74, 6) is -0.452. The van der Waals surface area contributed by atoms with E-state index in [4.69, 9.17) is 4.74 Å². The number of halogens is 1. The van der Waals surface area contributed by atoms with Crippen molar-refractivity contribution in [3.63, 3.8) is 0 Å². The maximum atomic E-state index is 13.8. The second kappa shape index (κ2) is 5.81. The van der Waals surface area contributed by atoms with Gasteiger partial charge in [-0.25, -0.2) is 9.37 Å². The highest BCUT2D eigenvalue weighted by atomic mass is 19.1. The molecule has 1 aromatic rings. The first-order chi connectivity index (χ1) is 9.04. The predicted octanol–water partition coefficient (Wildman–Crippen LogP) is 0.385. The number of ether oxygens (including phenoxy) is 1. The van der Waals surface area contributed by atoms with Gasteiger partial charge >= 0.3 is 0 Å². The van der Waals surface area contributed by atoms with Crippen LogP contribution >= 0.6 is 0 Å². The monoisotopic (exact) mass is 269 g/mol. The van der Waals surface area contributed by atoms with E-state index in [0.29, 0.717) is 25.2 Å². The summed E-state index contributed by atoms with van der Waals surface area (Å²) in [6.07, 6.45) is 2.25. The van der Waals surface area contributed by atoms with Gasteiger partial charge in [-0.15, -0.1) is 0 Å². The number of hydrogen-bond acceptors (Lipinski definition) is 5. The van der Waals surface area contributed by atoms with E-state index in [1.165, 1.54) is 13.3 Å². The molecule has 1 aliphatic rings. The topological polar surface area (TPSA) is 57.6 Å². The van der Waals surface area contributed by atoms with E-state index >= 15 is 0 Å². The van der Waals surface area contributed by atoms with E-state index in [2.05, 4.69) is 15.2 Å². The van der Waals surface area contributed by atoms with Crippen molar-refractivity contribution in [3.8, 4) is 5.88 Å². The lowest BCUT2D eigenvalue weighted by molar-refractivity contribution is 0.0515. The molecule has 1 atom stereocenters. The summed E-state index contributed by atoms with van der Waals surface area (Å²) in [6.45, 7) is 2.32. The van der Waals surface area contributed by atoms with E-state index in [9.17, 15) is 9.50 Å². The van der Waals surface area contributed by atoms with E-state index in [0.717, 1.165) is 13.0 Å². The van der Waals surface area contributed by atoms with Crippen molar-refractivity contribution in [1.82, 2.24) is 15.2 Å². The van der Waals surface area contributed by atoms with Gasteiger partial charge in [0.1, 0.15) is 0 Å². The van der Waals surface area contributed by atoms with Crippen molar-refractivity contribution in [3.05, 3.63) is 23.6 Å². The Morgan fingerprint density at radius 2 is 2.42 bits per heavy atom. The highest BCUT2D eigenvalue weighted by Crippen LogP contribution is 2.20. The average Bonchev–Trinajstić information content (AvgIpc) is 2.72. The minimum atomic E-state index is -0.720. The highest BCUT2D eigenvalue weighted by Gasteiger charge is 2.33. The first-order valence-corrected chi connectivity index (χ1v) is 6.33. The minimum Gasteiger partial charge on any atom is -0.479 e. The Balaban J connectivity index is 1.89. The van der Waals surface area contributed by atoms with Gasteiger partial charge < -0.3 is 20.1 Å². The Labute approximate surface area is 112 Å². The van der Waals surface area contributed by atoms with Gasteiger partial charge in [-0.05, 0) is 19.5 Å². The van der Waals surface area contributed by atoms with E-state index in [-0.39, 0.29) is 5.88 Å². The highest BCUT2D eigenvalue weighted by molar-refractivity contribution is 5.23. The van der Waals surface area contributed by atoms with Crippen LogP contribution < -0.4 is 10.1 Å².